The van der Waals surface area contributed by atoms with E-state index in [2.05, 4.69) is 13.8 Å². The van der Waals surface area contributed by atoms with Crippen LogP contribution in [0, 0.1) is 22.9 Å². The van der Waals surface area contributed by atoms with E-state index >= 15 is 0 Å². The Kier molecular flexibility index (Phi) is 11.0. The fourth-order valence-corrected chi connectivity index (χ4v) is 2.34. The summed E-state index contributed by atoms with van der Waals surface area (Å²) in [6.07, 6.45) is 9.43. The van der Waals surface area contributed by atoms with E-state index in [1.807, 2.05) is 0 Å². The number of hydrogen-bond acceptors (Lipinski definition) is 4. The average Bonchev–Trinajstić information content (AvgIpc) is 2.88. The van der Waals surface area contributed by atoms with Crippen molar-refractivity contribution in [3.63, 3.8) is 0 Å². The molecule has 1 N–H and O–H groups in total. The van der Waals surface area contributed by atoms with Crippen molar-refractivity contribution in [2.75, 3.05) is 33.0 Å². The van der Waals surface area contributed by atoms with E-state index in [4.69, 9.17) is 15.3 Å². The van der Waals surface area contributed by atoms with E-state index in [1.54, 1.807) is 5.32 Å². The molecule has 0 atom stereocenters. The second-order valence-corrected chi connectivity index (χ2v) is 4.96. The van der Waals surface area contributed by atoms with Crippen LogP contribution in [0.15, 0.2) is 0 Å². The van der Waals surface area contributed by atoms with Gasteiger partial charge in [-0.15, -0.1) is 0 Å². The van der Waals surface area contributed by atoms with Gasteiger partial charge >= 0.3 is 0 Å². The lowest BCUT2D eigenvalue weighted by Crippen LogP contribution is -2.47. The lowest BCUT2D eigenvalue weighted by molar-refractivity contribution is -0.935. The molecule has 0 saturated carbocycles. The minimum atomic E-state index is 0.937. The molecule has 0 unspecified atom stereocenters. The minimum absolute atomic E-state index is 0.937. The summed E-state index contributed by atoms with van der Waals surface area (Å²) in [6.45, 7) is 10.4. The third-order valence-corrected chi connectivity index (χ3v) is 3.33. The Labute approximate surface area is 117 Å². The molecule has 1 fully saturated rings. The van der Waals surface area contributed by atoms with Crippen molar-refractivity contribution in [1.82, 2.24) is 5.32 Å². The summed E-state index contributed by atoms with van der Waals surface area (Å²) in [5.41, 5.74) is 0. The van der Waals surface area contributed by atoms with Gasteiger partial charge in [-0.2, -0.15) is 10.5 Å². The average molecular weight is 267 g/mol. The number of ether oxygens (including phenoxy) is 1. The molecule has 0 aromatic carbocycles. The Morgan fingerprint density at radius 2 is 1.74 bits per heavy atom. The predicted octanol–water partition coefficient (Wildman–Crippen LogP) is 2.32. The number of hydrogen-bond donors (Lipinski definition) is 1. The van der Waals surface area contributed by atoms with Crippen LogP contribution >= 0.6 is 0 Å². The smallest absolute Gasteiger partial charge is 0.190 e. The Balaban J connectivity index is 0.000000555. The predicted molar refractivity (Wildman–Crippen MR) is 74.5 cm³/mol. The molecule has 1 aliphatic heterocycles. The Hall–Kier alpha value is -1.30. The van der Waals surface area contributed by atoms with Crippen LogP contribution in [0.5, 0.6) is 0 Å². The largest absolute Gasteiger partial charge is 0.332 e. The molecule has 108 valence electrons. The van der Waals surface area contributed by atoms with Crippen molar-refractivity contribution < 1.29 is 9.22 Å². The molecule has 0 aromatic heterocycles. The van der Waals surface area contributed by atoms with Crippen LogP contribution in [0.3, 0.4) is 0 Å². The van der Waals surface area contributed by atoms with E-state index in [0.717, 1.165) is 19.8 Å². The first-order valence-corrected chi connectivity index (χ1v) is 7.20. The molecule has 5 nitrogen and oxygen atoms in total. The zero-order chi connectivity index (χ0) is 14.4. The summed E-state index contributed by atoms with van der Waals surface area (Å²) in [4.78, 5) is 0. The number of nitrogens with zero attached hydrogens (tertiary/aromatic N) is 3. The molecule has 0 radical (unpaired) electrons. The Morgan fingerprint density at radius 3 is 2.16 bits per heavy atom. The first-order chi connectivity index (χ1) is 9.24. The van der Waals surface area contributed by atoms with Crippen LogP contribution in [0.1, 0.15) is 46.0 Å². The molecule has 1 heterocycles. The minimum Gasteiger partial charge on any atom is -0.332 e. The summed E-state index contributed by atoms with van der Waals surface area (Å²) >= 11 is 0. The number of quaternary nitrogens is 1. The number of unbranched alkanes of at least 4 members (excludes halogenated alkanes) is 1. The van der Waals surface area contributed by atoms with Crippen LogP contribution in [0.25, 0.3) is 0 Å². The van der Waals surface area contributed by atoms with Gasteiger partial charge in [-0.3, -0.25) is 0 Å². The van der Waals surface area contributed by atoms with Gasteiger partial charge < -0.3 is 9.22 Å². The van der Waals surface area contributed by atoms with E-state index in [-0.39, 0.29) is 0 Å². The van der Waals surface area contributed by atoms with E-state index in [9.17, 15) is 0 Å². The van der Waals surface area contributed by atoms with Crippen LogP contribution < -0.4 is 5.32 Å². The zero-order valence-corrected chi connectivity index (χ0v) is 12.3. The molecule has 0 amide bonds. The number of likely N-dealkylation sites (tertiary alicyclic amines) is 1. The highest BCUT2D eigenvalue weighted by Crippen LogP contribution is 2.20. The highest BCUT2D eigenvalue weighted by molar-refractivity contribution is 4.77. The maximum atomic E-state index is 7.48. The molecular formula is C14H27N4O+. The summed E-state index contributed by atoms with van der Waals surface area (Å²) in [5, 5.41) is 16.7. The highest BCUT2D eigenvalue weighted by Gasteiger charge is 2.31. The van der Waals surface area contributed by atoms with E-state index in [0.29, 0.717) is 0 Å². The van der Waals surface area contributed by atoms with Gasteiger partial charge in [0.2, 0.25) is 0 Å². The van der Waals surface area contributed by atoms with Crippen molar-refractivity contribution in [2.24, 2.45) is 0 Å². The van der Waals surface area contributed by atoms with E-state index in [1.165, 1.54) is 62.2 Å². The zero-order valence-electron chi connectivity index (χ0n) is 12.3. The summed E-state index contributed by atoms with van der Waals surface area (Å²) < 4.78 is 6.98. The maximum Gasteiger partial charge on any atom is 0.190 e. The molecule has 1 rings (SSSR count). The molecule has 0 aliphatic carbocycles. The monoisotopic (exact) mass is 267 g/mol. The van der Waals surface area contributed by atoms with Crippen LogP contribution in [-0.2, 0) is 4.74 Å². The van der Waals surface area contributed by atoms with Crippen molar-refractivity contribution in [3.8, 4) is 12.4 Å². The number of nitriles is 2. The van der Waals surface area contributed by atoms with Gasteiger partial charge in [-0.05, 0) is 12.8 Å². The number of rotatable bonds is 7. The van der Waals surface area contributed by atoms with E-state index < -0.39 is 0 Å². The van der Waals surface area contributed by atoms with Gasteiger partial charge in [-0.25, -0.2) is 5.32 Å². The SMILES string of the molecule is CCCC[N+]1(COCCC)CCCC1.N#CNC#N. The first kappa shape index (κ1) is 17.7. The summed E-state index contributed by atoms with van der Waals surface area (Å²) in [7, 11) is 0. The third-order valence-electron chi connectivity index (χ3n) is 3.33. The van der Waals surface area contributed by atoms with Gasteiger partial charge in [0.25, 0.3) is 0 Å². The van der Waals surface area contributed by atoms with Gasteiger partial charge in [0.05, 0.1) is 26.2 Å². The lowest BCUT2D eigenvalue weighted by atomic mass is 10.3. The van der Waals surface area contributed by atoms with Crippen molar-refractivity contribution >= 4 is 0 Å². The van der Waals surface area contributed by atoms with Crippen molar-refractivity contribution in [1.29, 1.82) is 10.5 Å². The van der Waals surface area contributed by atoms with Gasteiger partial charge in [0.15, 0.2) is 19.1 Å². The molecule has 0 spiro atoms. The van der Waals surface area contributed by atoms with Gasteiger partial charge in [-0.1, -0.05) is 20.3 Å². The maximum absolute atomic E-state index is 7.48. The Morgan fingerprint density at radius 1 is 1.11 bits per heavy atom. The molecule has 0 aromatic rings. The fraction of sp³-hybridized carbons (Fsp3) is 0.857. The fourth-order valence-electron chi connectivity index (χ4n) is 2.34. The number of nitrogens with one attached hydrogen (secondary N) is 1. The van der Waals surface area contributed by atoms with Crippen LogP contribution in [0.2, 0.25) is 0 Å². The van der Waals surface area contributed by atoms with Gasteiger partial charge in [0.1, 0.15) is 0 Å². The second kappa shape index (κ2) is 11.8. The standard InChI is InChI=1S/C12H26NO.C2HN3/c1-3-5-8-13(9-6-7-10-13)12-14-11-4-2;3-1-5-2-4/h3-12H2,1-2H3;5H/q+1;. The summed E-state index contributed by atoms with van der Waals surface area (Å²) in [6, 6.07) is 0. The molecule has 1 aliphatic rings. The van der Waals surface area contributed by atoms with Crippen LogP contribution in [-0.4, -0.2) is 37.5 Å². The van der Waals surface area contributed by atoms with Crippen molar-refractivity contribution in [2.45, 2.75) is 46.0 Å². The van der Waals surface area contributed by atoms with Crippen molar-refractivity contribution in [3.05, 3.63) is 0 Å². The normalized spacial score (nSPS) is 15.8. The quantitative estimate of drug-likeness (QED) is 0.333. The Bertz CT molecular complexity index is 275. The lowest BCUT2D eigenvalue weighted by Gasteiger charge is -2.33. The molecular weight excluding hydrogens is 240 g/mol. The molecule has 19 heavy (non-hydrogen) atoms. The highest BCUT2D eigenvalue weighted by atomic mass is 16.5. The molecule has 0 bridgehead atoms. The molecule has 5 heteroatoms. The van der Waals surface area contributed by atoms with Gasteiger partial charge in [0, 0.05) is 12.8 Å². The second-order valence-electron chi connectivity index (χ2n) is 4.96. The third kappa shape index (κ3) is 8.42. The topological polar surface area (TPSA) is 68.8 Å². The molecule has 1 saturated heterocycles. The first-order valence-electron chi connectivity index (χ1n) is 7.20. The summed E-state index contributed by atoms with van der Waals surface area (Å²) in [5.74, 6) is 0. The van der Waals surface area contributed by atoms with Crippen LogP contribution in [0.4, 0.5) is 0 Å².